The largest absolute Gasteiger partial charge is 0.348 e. The van der Waals surface area contributed by atoms with Gasteiger partial charge in [-0.25, -0.2) is 4.99 Å². The van der Waals surface area contributed by atoms with Gasteiger partial charge in [-0.2, -0.15) is 0 Å². The predicted molar refractivity (Wildman–Crippen MR) is 151 cm³/mol. The number of carbonyl (C=O) groups is 1. The molecule has 0 saturated heterocycles. The molecule has 3 aromatic carbocycles. The summed E-state index contributed by atoms with van der Waals surface area (Å²) in [6.07, 6.45) is 6.21. The van der Waals surface area contributed by atoms with Crippen molar-refractivity contribution in [1.82, 2.24) is 5.32 Å². The normalized spacial score (nSPS) is 14.3. The zero-order valence-corrected chi connectivity index (χ0v) is 21.8. The van der Waals surface area contributed by atoms with E-state index in [0.29, 0.717) is 6.54 Å². The molecular formula is C30H27N3OS2. The standard InChI is InChI=1S/C30H27N3OS2/c1-33-23-12-6-8-14-26(23)35-27-17-21(15-16-24(27)33)19-32-30-28(22-11-5-7-13-25(22)36-30)29(34)31-18-20-9-3-2-4-10-20/h2-4,6,8-10,12,14-17,19H,5,7,11,13,18H2,1H3,(H,31,34). The molecule has 0 fully saturated rings. The van der Waals surface area contributed by atoms with E-state index >= 15 is 0 Å². The molecule has 6 rings (SSSR count). The van der Waals surface area contributed by atoms with Crippen LogP contribution < -0.4 is 10.2 Å². The summed E-state index contributed by atoms with van der Waals surface area (Å²) in [7, 11) is 2.11. The molecule has 1 aromatic heterocycles. The molecule has 0 bridgehead atoms. The Balaban J connectivity index is 1.28. The van der Waals surface area contributed by atoms with E-state index in [2.05, 4.69) is 59.7 Å². The molecule has 0 radical (unpaired) electrons. The van der Waals surface area contributed by atoms with Crippen molar-refractivity contribution in [3.05, 3.63) is 99.9 Å². The Labute approximate surface area is 220 Å². The van der Waals surface area contributed by atoms with Crippen LogP contribution in [0.3, 0.4) is 0 Å². The summed E-state index contributed by atoms with van der Waals surface area (Å²) in [6, 6.07) is 25.0. The fraction of sp³-hybridized carbons (Fsp3) is 0.200. The molecule has 6 heteroatoms. The second-order valence-electron chi connectivity index (χ2n) is 9.17. The first-order valence-corrected chi connectivity index (χ1v) is 14.0. The van der Waals surface area contributed by atoms with Gasteiger partial charge in [0.15, 0.2) is 0 Å². The van der Waals surface area contributed by atoms with Crippen LogP contribution in [0.1, 0.15) is 44.8 Å². The summed E-state index contributed by atoms with van der Waals surface area (Å²) in [4.78, 5) is 24.2. The van der Waals surface area contributed by atoms with Crippen LogP contribution in [0.4, 0.5) is 16.4 Å². The third-order valence-electron chi connectivity index (χ3n) is 6.80. The highest BCUT2D eigenvalue weighted by molar-refractivity contribution is 7.99. The van der Waals surface area contributed by atoms with E-state index in [0.717, 1.165) is 41.0 Å². The van der Waals surface area contributed by atoms with E-state index in [9.17, 15) is 4.79 Å². The highest BCUT2D eigenvalue weighted by Gasteiger charge is 2.25. The van der Waals surface area contributed by atoms with Crippen molar-refractivity contribution >= 4 is 51.6 Å². The van der Waals surface area contributed by atoms with E-state index in [1.807, 2.05) is 36.5 Å². The first-order valence-electron chi connectivity index (χ1n) is 12.3. The molecule has 36 heavy (non-hydrogen) atoms. The number of hydrogen-bond donors (Lipinski definition) is 1. The highest BCUT2D eigenvalue weighted by Crippen LogP contribution is 2.47. The van der Waals surface area contributed by atoms with Crippen LogP contribution in [0, 0.1) is 0 Å². The molecule has 180 valence electrons. The molecule has 0 unspecified atom stereocenters. The number of fused-ring (bicyclic) bond motifs is 3. The van der Waals surface area contributed by atoms with Crippen LogP contribution in [-0.2, 0) is 19.4 Å². The number of hydrogen-bond acceptors (Lipinski definition) is 5. The SMILES string of the molecule is CN1c2ccccc2Sc2cc(C=Nc3sc4c(c3C(=O)NCc3ccccc3)CCCC4)ccc21. The smallest absolute Gasteiger partial charge is 0.254 e. The van der Waals surface area contributed by atoms with E-state index < -0.39 is 0 Å². The van der Waals surface area contributed by atoms with E-state index in [1.54, 1.807) is 23.1 Å². The molecular weight excluding hydrogens is 482 g/mol. The highest BCUT2D eigenvalue weighted by atomic mass is 32.2. The maximum Gasteiger partial charge on any atom is 0.254 e. The number of aryl methyl sites for hydroxylation is 1. The minimum absolute atomic E-state index is 0.0235. The second-order valence-corrected chi connectivity index (χ2v) is 11.3. The Morgan fingerprint density at radius 1 is 0.972 bits per heavy atom. The first-order chi connectivity index (χ1) is 17.7. The maximum absolute atomic E-state index is 13.3. The molecule has 1 amide bonds. The van der Waals surface area contributed by atoms with Crippen molar-refractivity contribution in [2.45, 2.75) is 42.0 Å². The van der Waals surface area contributed by atoms with Crippen molar-refractivity contribution < 1.29 is 4.79 Å². The minimum atomic E-state index is -0.0235. The van der Waals surface area contributed by atoms with Gasteiger partial charge in [0.2, 0.25) is 0 Å². The van der Waals surface area contributed by atoms with E-state index in [4.69, 9.17) is 4.99 Å². The predicted octanol–water partition coefficient (Wildman–Crippen LogP) is 7.54. The third-order valence-corrected chi connectivity index (χ3v) is 9.11. The number of benzene rings is 3. The Morgan fingerprint density at radius 2 is 1.75 bits per heavy atom. The quantitative estimate of drug-likeness (QED) is 0.283. The first kappa shape index (κ1) is 23.1. The van der Waals surface area contributed by atoms with Gasteiger partial charge >= 0.3 is 0 Å². The lowest BCUT2D eigenvalue weighted by Crippen LogP contribution is -2.24. The Hall–Kier alpha value is -3.35. The van der Waals surface area contributed by atoms with E-state index in [1.165, 1.54) is 38.0 Å². The van der Waals surface area contributed by atoms with Crippen LogP contribution in [0.2, 0.25) is 0 Å². The third kappa shape index (κ3) is 4.47. The summed E-state index contributed by atoms with van der Waals surface area (Å²) in [5, 5.41) is 3.95. The van der Waals surface area contributed by atoms with Gasteiger partial charge in [0, 0.05) is 34.5 Å². The molecule has 1 aliphatic heterocycles. The molecule has 4 nitrogen and oxygen atoms in total. The average molecular weight is 510 g/mol. The maximum atomic E-state index is 13.3. The number of carbonyl (C=O) groups excluding carboxylic acids is 1. The second kappa shape index (κ2) is 9.96. The van der Waals surface area contributed by atoms with Gasteiger partial charge in [0.1, 0.15) is 5.00 Å². The zero-order valence-electron chi connectivity index (χ0n) is 20.2. The molecule has 1 N–H and O–H groups in total. The molecule has 2 heterocycles. The number of thiophene rings is 1. The molecule has 0 spiro atoms. The number of amides is 1. The topological polar surface area (TPSA) is 44.7 Å². The van der Waals surface area contributed by atoms with Gasteiger partial charge < -0.3 is 10.2 Å². The molecule has 1 aliphatic carbocycles. The molecule has 4 aromatic rings. The summed E-state index contributed by atoms with van der Waals surface area (Å²) >= 11 is 3.47. The van der Waals surface area contributed by atoms with Gasteiger partial charge in [0.05, 0.1) is 16.9 Å². The minimum Gasteiger partial charge on any atom is -0.348 e. The van der Waals surface area contributed by atoms with Crippen LogP contribution in [0.5, 0.6) is 0 Å². The number of para-hydroxylation sites is 1. The van der Waals surface area contributed by atoms with Gasteiger partial charge in [-0.3, -0.25) is 4.79 Å². The van der Waals surface area contributed by atoms with Crippen LogP contribution in [0.15, 0.2) is 87.6 Å². The summed E-state index contributed by atoms with van der Waals surface area (Å²) in [6.45, 7) is 0.518. The molecule has 0 saturated carbocycles. The summed E-state index contributed by atoms with van der Waals surface area (Å²) in [5.41, 5.74) is 6.52. The lowest BCUT2D eigenvalue weighted by atomic mass is 9.95. The van der Waals surface area contributed by atoms with Crippen LogP contribution in [0.25, 0.3) is 0 Å². The monoisotopic (exact) mass is 509 g/mol. The summed E-state index contributed by atoms with van der Waals surface area (Å²) in [5.74, 6) is -0.0235. The Morgan fingerprint density at radius 3 is 2.64 bits per heavy atom. The lowest BCUT2D eigenvalue weighted by molar-refractivity contribution is 0.0951. The number of nitrogens with one attached hydrogen (secondary N) is 1. The van der Waals surface area contributed by atoms with Crippen molar-refractivity contribution in [2.75, 3.05) is 11.9 Å². The van der Waals surface area contributed by atoms with Crippen molar-refractivity contribution in [1.29, 1.82) is 0 Å². The van der Waals surface area contributed by atoms with Crippen molar-refractivity contribution in [3.8, 4) is 0 Å². The summed E-state index contributed by atoms with van der Waals surface area (Å²) < 4.78 is 0. The van der Waals surface area contributed by atoms with Gasteiger partial charge in [-0.15, -0.1) is 11.3 Å². The average Bonchev–Trinajstić information content (AvgIpc) is 3.30. The van der Waals surface area contributed by atoms with E-state index in [-0.39, 0.29) is 5.91 Å². The van der Waals surface area contributed by atoms with Gasteiger partial charge in [-0.1, -0.05) is 60.3 Å². The Bertz CT molecular complexity index is 1460. The number of anilines is 2. The van der Waals surface area contributed by atoms with Crippen LogP contribution >= 0.6 is 23.1 Å². The lowest BCUT2D eigenvalue weighted by Gasteiger charge is -2.29. The van der Waals surface area contributed by atoms with Crippen molar-refractivity contribution in [2.24, 2.45) is 4.99 Å². The fourth-order valence-corrected chi connectivity index (χ4v) is 7.34. The van der Waals surface area contributed by atoms with Crippen LogP contribution in [-0.4, -0.2) is 19.2 Å². The number of rotatable bonds is 5. The van der Waals surface area contributed by atoms with Gasteiger partial charge in [0.25, 0.3) is 5.91 Å². The Kier molecular flexibility index (Phi) is 6.38. The molecule has 0 atom stereocenters. The van der Waals surface area contributed by atoms with Crippen molar-refractivity contribution in [3.63, 3.8) is 0 Å². The van der Waals surface area contributed by atoms with Gasteiger partial charge in [-0.05, 0) is 66.6 Å². The number of aliphatic imine (C=N–C) groups is 1. The number of nitrogens with zero attached hydrogens (tertiary/aromatic N) is 2. The fourth-order valence-electron chi connectivity index (χ4n) is 4.91. The zero-order chi connectivity index (χ0) is 24.5. The molecule has 2 aliphatic rings.